The summed E-state index contributed by atoms with van der Waals surface area (Å²) >= 11 is 0. The molecule has 16 heavy (non-hydrogen) atoms. The Balaban J connectivity index is 1.70. The van der Waals surface area contributed by atoms with Gasteiger partial charge in [0.25, 0.3) is 0 Å². The van der Waals surface area contributed by atoms with E-state index in [1.54, 1.807) is 0 Å². The molecule has 4 nitrogen and oxygen atoms in total. The van der Waals surface area contributed by atoms with Crippen molar-refractivity contribution in [2.75, 3.05) is 26.3 Å². The van der Waals surface area contributed by atoms with Gasteiger partial charge in [0.2, 0.25) is 0 Å². The van der Waals surface area contributed by atoms with E-state index in [1.807, 2.05) is 6.20 Å². The third-order valence-corrected chi connectivity index (χ3v) is 3.90. The fourth-order valence-corrected chi connectivity index (χ4v) is 2.86. The highest BCUT2D eigenvalue weighted by molar-refractivity contribution is 5.81. The number of amidine groups is 1. The van der Waals surface area contributed by atoms with Crippen molar-refractivity contribution in [1.29, 1.82) is 0 Å². The summed E-state index contributed by atoms with van der Waals surface area (Å²) in [6.07, 6.45) is 6.51. The molecule has 2 saturated heterocycles. The summed E-state index contributed by atoms with van der Waals surface area (Å²) in [5, 5.41) is 0. The highest BCUT2D eigenvalue weighted by Gasteiger charge is 2.42. The Morgan fingerprint density at radius 2 is 2.25 bits per heavy atom. The molecule has 0 aromatic heterocycles. The number of piperidine rings is 1. The zero-order valence-corrected chi connectivity index (χ0v) is 9.61. The molecular weight excluding hydrogens is 202 g/mol. The number of ether oxygens (including phenoxy) is 1. The summed E-state index contributed by atoms with van der Waals surface area (Å²) in [4.78, 5) is 6.73. The van der Waals surface area contributed by atoms with Crippen molar-refractivity contribution >= 4 is 5.84 Å². The minimum Gasteiger partial charge on any atom is -0.387 e. The van der Waals surface area contributed by atoms with Gasteiger partial charge in [-0.05, 0) is 19.3 Å². The zero-order chi connectivity index (χ0) is 11.0. The van der Waals surface area contributed by atoms with Crippen LogP contribution in [0, 0.1) is 5.41 Å². The van der Waals surface area contributed by atoms with Crippen LogP contribution < -0.4 is 5.73 Å². The second-order valence-electron chi connectivity index (χ2n) is 5.26. The highest BCUT2D eigenvalue weighted by atomic mass is 16.5. The Morgan fingerprint density at radius 3 is 2.88 bits per heavy atom. The first kappa shape index (κ1) is 10.1. The molecule has 0 bridgehead atoms. The van der Waals surface area contributed by atoms with Gasteiger partial charge in [0.15, 0.2) is 0 Å². The molecule has 0 aliphatic carbocycles. The molecule has 3 heterocycles. The number of nitrogens with zero attached hydrogens (tertiary/aromatic N) is 2. The monoisotopic (exact) mass is 221 g/mol. The lowest BCUT2D eigenvalue weighted by molar-refractivity contribution is -0.140. The van der Waals surface area contributed by atoms with Gasteiger partial charge in [0.05, 0.1) is 19.0 Å². The van der Waals surface area contributed by atoms with Crippen LogP contribution in [0.15, 0.2) is 16.9 Å². The Bertz CT molecular complexity index is 344. The lowest BCUT2D eigenvalue weighted by Gasteiger charge is -2.49. The molecule has 3 aliphatic rings. The largest absolute Gasteiger partial charge is 0.387 e. The third-order valence-electron chi connectivity index (χ3n) is 3.90. The maximum atomic E-state index is 5.68. The fraction of sp³-hybridized carbons (Fsp3) is 0.750. The number of likely N-dealkylation sites (tertiary alicyclic amines) is 1. The van der Waals surface area contributed by atoms with Crippen molar-refractivity contribution in [3.05, 3.63) is 11.9 Å². The van der Waals surface area contributed by atoms with E-state index in [2.05, 4.69) is 9.89 Å². The topological polar surface area (TPSA) is 50.8 Å². The minimum atomic E-state index is 0.450. The van der Waals surface area contributed by atoms with Crippen LogP contribution in [-0.4, -0.2) is 37.0 Å². The van der Waals surface area contributed by atoms with Gasteiger partial charge in [-0.3, -0.25) is 0 Å². The summed E-state index contributed by atoms with van der Waals surface area (Å²) in [6.45, 7) is 4.21. The normalized spacial score (nSPS) is 28.4. The van der Waals surface area contributed by atoms with E-state index in [0.717, 1.165) is 38.4 Å². The summed E-state index contributed by atoms with van der Waals surface area (Å²) < 4.78 is 5.37. The number of nitrogens with two attached hydrogens (primary N) is 1. The molecule has 4 heteroatoms. The van der Waals surface area contributed by atoms with Gasteiger partial charge < -0.3 is 15.4 Å². The molecule has 0 atom stereocenters. The number of aliphatic imine (C=N–C) groups is 1. The molecule has 0 aromatic carbocycles. The van der Waals surface area contributed by atoms with Crippen molar-refractivity contribution in [2.24, 2.45) is 16.1 Å². The van der Waals surface area contributed by atoms with Gasteiger partial charge in [-0.2, -0.15) is 0 Å². The standard InChI is InChI=1S/C12H19N3O/c13-11-3-2-10(6-14-11)15-5-1-4-12(7-15)8-16-9-12/h6H,1-5,7-9H2,(H2,13,14). The maximum absolute atomic E-state index is 5.68. The Kier molecular flexibility index (Phi) is 2.39. The van der Waals surface area contributed by atoms with Crippen LogP contribution in [0.2, 0.25) is 0 Å². The molecule has 0 saturated carbocycles. The minimum absolute atomic E-state index is 0.450. The fourth-order valence-electron chi connectivity index (χ4n) is 2.86. The van der Waals surface area contributed by atoms with Crippen molar-refractivity contribution in [1.82, 2.24) is 4.90 Å². The van der Waals surface area contributed by atoms with E-state index in [0.29, 0.717) is 5.41 Å². The molecule has 1 spiro atoms. The van der Waals surface area contributed by atoms with E-state index in [4.69, 9.17) is 10.5 Å². The lowest BCUT2D eigenvalue weighted by Crippen LogP contribution is -2.54. The number of hydrogen-bond donors (Lipinski definition) is 1. The first-order chi connectivity index (χ1) is 7.77. The average molecular weight is 221 g/mol. The summed E-state index contributed by atoms with van der Waals surface area (Å²) in [5.74, 6) is 0.766. The van der Waals surface area contributed by atoms with Crippen molar-refractivity contribution < 1.29 is 4.74 Å². The number of hydrogen-bond acceptors (Lipinski definition) is 4. The van der Waals surface area contributed by atoms with E-state index >= 15 is 0 Å². The van der Waals surface area contributed by atoms with Crippen LogP contribution in [-0.2, 0) is 4.74 Å². The second-order valence-corrected chi connectivity index (χ2v) is 5.26. The van der Waals surface area contributed by atoms with Crippen LogP contribution in [0.3, 0.4) is 0 Å². The molecule has 0 amide bonds. The van der Waals surface area contributed by atoms with Crippen molar-refractivity contribution in [3.63, 3.8) is 0 Å². The van der Waals surface area contributed by atoms with Crippen LogP contribution in [0.1, 0.15) is 25.7 Å². The van der Waals surface area contributed by atoms with E-state index in [-0.39, 0.29) is 0 Å². The van der Waals surface area contributed by atoms with E-state index < -0.39 is 0 Å². The quantitative estimate of drug-likeness (QED) is 0.721. The smallest absolute Gasteiger partial charge is 0.0993 e. The van der Waals surface area contributed by atoms with Gasteiger partial charge in [0.1, 0.15) is 0 Å². The molecular formula is C12H19N3O. The maximum Gasteiger partial charge on any atom is 0.0993 e. The van der Waals surface area contributed by atoms with Gasteiger partial charge in [-0.15, -0.1) is 0 Å². The summed E-state index contributed by atoms with van der Waals surface area (Å²) in [7, 11) is 0. The molecule has 0 aromatic rings. The summed E-state index contributed by atoms with van der Waals surface area (Å²) in [5.41, 5.74) is 7.50. The zero-order valence-electron chi connectivity index (χ0n) is 9.61. The Hall–Kier alpha value is -1.03. The highest BCUT2D eigenvalue weighted by Crippen LogP contribution is 2.38. The Morgan fingerprint density at radius 1 is 1.38 bits per heavy atom. The molecule has 88 valence electrons. The summed E-state index contributed by atoms with van der Waals surface area (Å²) in [6, 6.07) is 0. The molecule has 0 unspecified atom stereocenters. The molecule has 3 rings (SSSR count). The molecule has 3 aliphatic heterocycles. The van der Waals surface area contributed by atoms with Crippen LogP contribution in [0.5, 0.6) is 0 Å². The Labute approximate surface area is 96.2 Å². The van der Waals surface area contributed by atoms with Gasteiger partial charge >= 0.3 is 0 Å². The second kappa shape index (κ2) is 3.77. The van der Waals surface area contributed by atoms with Crippen LogP contribution in [0.25, 0.3) is 0 Å². The predicted molar refractivity (Wildman–Crippen MR) is 63.0 cm³/mol. The number of rotatable bonds is 1. The van der Waals surface area contributed by atoms with Gasteiger partial charge in [-0.25, -0.2) is 4.99 Å². The van der Waals surface area contributed by atoms with Crippen LogP contribution >= 0.6 is 0 Å². The third kappa shape index (κ3) is 1.71. The van der Waals surface area contributed by atoms with Crippen molar-refractivity contribution in [3.8, 4) is 0 Å². The first-order valence-corrected chi connectivity index (χ1v) is 6.11. The number of allylic oxidation sites excluding steroid dienone is 1. The molecule has 2 N–H and O–H groups in total. The van der Waals surface area contributed by atoms with Gasteiger partial charge in [-0.1, -0.05) is 0 Å². The van der Waals surface area contributed by atoms with E-state index in [1.165, 1.54) is 25.1 Å². The predicted octanol–water partition coefficient (Wildman–Crippen LogP) is 1.09. The average Bonchev–Trinajstić information content (AvgIpc) is 2.28. The first-order valence-electron chi connectivity index (χ1n) is 6.11. The lowest BCUT2D eigenvalue weighted by atomic mass is 9.78. The van der Waals surface area contributed by atoms with E-state index in [9.17, 15) is 0 Å². The SMILES string of the molecule is NC1=NC=C(N2CCCC3(COC3)C2)CC1. The van der Waals surface area contributed by atoms with Gasteiger partial charge in [0, 0.05) is 36.8 Å². The van der Waals surface area contributed by atoms with Crippen LogP contribution in [0.4, 0.5) is 0 Å². The molecule has 0 radical (unpaired) electrons. The molecule has 2 fully saturated rings. The van der Waals surface area contributed by atoms with Crippen molar-refractivity contribution in [2.45, 2.75) is 25.7 Å².